The van der Waals surface area contributed by atoms with Crippen LogP contribution in [0.4, 0.5) is 0 Å². The van der Waals surface area contributed by atoms with E-state index in [9.17, 15) is 9.59 Å². The van der Waals surface area contributed by atoms with Gasteiger partial charge in [-0.1, -0.05) is 85.6 Å². The number of halogens is 1. The fourth-order valence-electron chi connectivity index (χ4n) is 4.08. The number of aryl methyl sites for hydroxylation is 2. The molecule has 0 saturated carbocycles. The number of nitrogens with one attached hydrogen (secondary N) is 1. The van der Waals surface area contributed by atoms with Crippen LogP contribution in [0.2, 0.25) is 5.02 Å². The zero-order chi connectivity index (χ0) is 25.2. The maximum absolute atomic E-state index is 13.8. The Hall–Kier alpha value is -3.11. The number of carbonyl (C=O) groups is 2. The predicted molar refractivity (Wildman–Crippen MR) is 143 cm³/mol. The van der Waals surface area contributed by atoms with Crippen LogP contribution in [0.15, 0.2) is 72.8 Å². The van der Waals surface area contributed by atoms with Crippen molar-refractivity contribution in [2.24, 2.45) is 0 Å². The molecule has 0 aromatic heterocycles. The van der Waals surface area contributed by atoms with Crippen molar-refractivity contribution in [2.75, 3.05) is 6.54 Å². The molecular weight excluding hydrogens is 456 g/mol. The van der Waals surface area contributed by atoms with E-state index in [0.717, 1.165) is 35.1 Å². The Morgan fingerprint density at radius 1 is 0.886 bits per heavy atom. The quantitative estimate of drug-likeness (QED) is 0.332. The largest absolute Gasteiger partial charge is 0.354 e. The molecule has 2 amide bonds. The molecule has 1 N–H and O–H groups in total. The van der Waals surface area contributed by atoms with E-state index >= 15 is 0 Å². The Kier molecular flexibility index (Phi) is 9.92. The van der Waals surface area contributed by atoms with Gasteiger partial charge in [0.2, 0.25) is 11.8 Å². The lowest BCUT2D eigenvalue weighted by atomic mass is 10.00. The third-order valence-electron chi connectivity index (χ3n) is 6.27. The van der Waals surface area contributed by atoms with E-state index in [1.54, 1.807) is 4.90 Å². The molecule has 3 aromatic rings. The average Bonchev–Trinajstić information content (AvgIpc) is 2.84. The predicted octanol–water partition coefficient (Wildman–Crippen LogP) is 6.06. The van der Waals surface area contributed by atoms with Crippen LogP contribution in [0.3, 0.4) is 0 Å². The van der Waals surface area contributed by atoms with Crippen molar-refractivity contribution in [2.45, 2.75) is 59.0 Å². The Bertz CT molecular complexity index is 1130. The second-order valence-electron chi connectivity index (χ2n) is 9.10. The van der Waals surface area contributed by atoms with Gasteiger partial charge in [-0.3, -0.25) is 9.59 Å². The summed E-state index contributed by atoms with van der Waals surface area (Å²) in [4.78, 5) is 28.9. The van der Waals surface area contributed by atoms with Gasteiger partial charge in [0, 0.05) is 24.5 Å². The summed E-state index contributed by atoms with van der Waals surface area (Å²) < 4.78 is 0. The van der Waals surface area contributed by atoms with E-state index in [1.165, 1.54) is 5.56 Å². The van der Waals surface area contributed by atoms with Crippen LogP contribution < -0.4 is 5.32 Å². The van der Waals surface area contributed by atoms with E-state index in [-0.39, 0.29) is 18.2 Å². The zero-order valence-corrected chi connectivity index (χ0v) is 21.6. The highest BCUT2D eigenvalue weighted by atomic mass is 35.5. The van der Waals surface area contributed by atoms with E-state index in [4.69, 9.17) is 11.6 Å². The molecule has 0 heterocycles. The molecule has 0 saturated heterocycles. The van der Waals surface area contributed by atoms with Crippen molar-refractivity contribution >= 4 is 23.4 Å². The third kappa shape index (κ3) is 7.97. The Labute approximate surface area is 214 Å². The number of nitrogens with zero attached hydrogens (tertiary/aromatic N) is 1. The highest BCUT2D eigenvalue weighted by molar-refractivity contribution is 6.30. The number of rotatable bonds is 11. The van der Waals surface area contributed by atoms with Gasteiger partial charge in [-0.15, -0.1) is 0 Å². The third-order valence-corrected chi connectivity index (χ3v) is 6.50. The number of carbonyl (C=O) groups excluding carboxylic acids is 2. The van der Waals surface area contributed by atoms with Gasteiger partial charge >= 0.3 is 0 Å². The molecule has 3 rings (SSSR count). The summed E-state index contributed by atoms with van der Waals surface area (Å²) in [6, 6.07) is 22.8. The smallest absolute Gasteiger partial charge is 0.243 e. The summed E-state index contributed by atoms with van der Waals surface area (Å²) >= 11 is 6.24. The molecule has 0 aliphatic rings. The van der Waals surface area contributed by atoms with Gasteiger partial charge in [0.1, 0.15) is 6.04 Å². The summed E-state index contributed by atoms with van der Waals surface area (Å²) in [5.41, 5.74) is 5.19. The second kappa shape index (κ2) is 13.1. The molecule has 0 unspecified atom stereocenters. The van der Waals surface area contributed by atoms with Crippen LogP contribution in [0.5, 0.6) is 0 Å². The SMILES string of the molecule is CCCCNC(=O)[C@H](Cc1ccccc1)N(Cc1cccc(Cl)c1)C(=O)Cc1ccc(C)c(C)c1. The molecule has 0 fully saturated rings. The molecule has 4 nitrogen and oxygen atoms in total. The summed E-state index contributed by atoms with van der Waals surface area (Å²) in [5.74, 6) is -0.211. The molecular formula is C30H35ClN2O2. The molecule has 0 aliphatic heterocycles. The minimum absolute atomic E-state index is 0.0835. The zero-order valence-electron chi connectivity index (χ0n) is 20.9. The van der Waals surface area contributed by atoms with Crippen LogP contribution in [0, 0.1) is 13.8 Å². The fraction of sp³-hybridized carbons (Fsp3) is 0.333. The molecule has 35 heavy (non-hydrogen) atoms. The summed E-state index contributed by atoms with van der Waals surface area (Å²) in [5, 5.41) is 3.67. The Morgan fingerprint density at radius 3 is 2.31 bits per heavy atom. The maximum atomic E-state index is 13.8. The number of hydrogen-bond acceptors (Lipinski definition) is 2. The fourth-order valence-corrected chi connectivity index (χ4v) is 4.29. The van der Waals surface area contributed by atoms with Crippen molar-refractivity contribution in [1.29, 1.82) is 0 Å². The van der Waals surface area contributed by atoms with Crippen LogP contribution in [-0.4, -0.2) is 29.3 Å². The van der Waals surface area contributed by atoms with Gasteiger partial charge in [0.15, 0.2) is 0 Å². The van der Waals surface area contributed by atoms with E-state index in [1.807, 2.05) is 73.7 Å². The number of amides is 2. The molecule has 0 bridgehead atoms. The van der Waals surface area contributed by atoms with E-state index in [2.05, 4.69) is 25.2 Å². The number of unbranched alkanes of at least 4 members (excludes halogenated alkanes) is 1. The van der Waals surface area contributed by atoms with Gasteiger partial charge in [-0.25, -0.2) is 0 Å². The number of benzene rings is 3. The maximum Gasteiger partial charge on any atom is 0.243 e. The highest BCUT2D eigenvalue weighted by Crippen LogP contribution is 2.19. The van der Waals surface area contributed by atoms with Gasteiger partial charge in [-0.2, -0.15) is 0 Å². The van der Waals surface area contributed by atoms with Crippen molar-refractivity contribution < 1.29 is 9.59 Å². The van der Waals surface area contributed by atoms with E-state index < -0.39 is 6.04 Å². The standard InChI is InChI=1S/C30H35ClN2O2/c1-4-5-16-32-30(35)28(19-24-10-7-6-8-11-24)33(21-26-12-9-13-27(31)18-26)29(34)20-25-15-14-22(2)23(3)17-25/h6-15,17-18,28H,4-5,16,19-21H2,1-3H3,(H,32,35)/t28-/m0/s1. The Balaban J connectivity index is 1.95. The first-order valence-electron chi connectivity index (χ1n) is 12.3. The molecule has 0 aliphatic carbocycles. The summed E-state index contributed by atoms with van der Waals surface area (Å²) in [6.07, 6.45) is 2.56. The van der Waals surface area contributed by atoms with Crippen LogP contribution in [0.25, 0.3) is 0 Å². The molecule has 0 radical (unpaired) electrons. The highest BCUT2D eigenvalue weighted by Gasteiger charge is 2.30. The van der Waals surface area contributed by atoms with Crippen LogP contribution in [0.1, 0.15) is 47.6 Å². The van der Waals surface area contributed by atoms with Crippen molar-refractivity contribution in [3.05, 3.63) is 106 Å². The lowest BCUT2D eigenvalue weighted by molar-refractivity contribution is -0.140. The van der Waals surface area contributed by atoms with Crippen molar-refractivity contribution in [3.8, 4) is 0 Å². The number of hydrogen-bond donors (Lipinski definition) is 1. The van der Waals surface area contributed by atoms with Crippen LogP contribution >= 0.6 is 11.6 Å². The lowest BCUT2D eigenvalue weighted by Crippen LogP contribution is -2.51. The lowest BCUT2D eigenvalue weighted by Gasteiger charge is -2.32. The van der Waals surface area contributed by atoms with Crippen molar-refractivity contribution in [1.82, 2.24) is 10.2 Å². The Morgan fingerprint density at radius 2 is 1.63 bits per heavy atom. The minimum atomic E-state index is -0.632. The van der Waals surface area contributed by atoms with Crippen LogP contribution in [-0.2, 0) is 29.0 Å². The molecule has 3 aromatic carbocycles. The minimum Gasteiger partial charge on any atom is -0.354 e. The topological polar surface area (TPSA) is 49.4 Å². The first-order valence-corrected chi connectivity index (χ1v) is 12.7. The van der Waals surface area contributed by atoms with Gasteiger partial charge in [-0.05, 0) is 60.2 Å². The van der Waals surface area contributed by atoms with Gasteiger partial charge in [0.25, 0.3) is 0 Å². The first-order chi connectivity index (χ1) is 16.9. The normalized spacial score (nSPS) is 11.7. The second-order valence-corrected chi connectivity index (χ2v) is 9.53. The van der Waals surface area contributed by atoms with Gasteiger partial charge in [0.05, 0.1) is 6.42 Å². The average molecular weight is 491 g/mol. The summed E-state index contributed by atoms with van der Waals surface area (Å²) in [7, 11) is 0. The molecule has 0 spiro atoms. The first kappa shape index (κ1) is 26.5. The van der Waals surface area contributed by atoms with Gasteiger partial charge < -0.3 is 10.2 Å². The molecule has 184 valence electrons. The van der Waals surface area contributed by atoms with Crippen molar-refractivity contribution in [3.63, 3.8) is 0 Å². The van der Waals surface area contributed by atoms with E-state index in [0.29, 0.717) is 24.5 Å². The molecule has 5 heteroatoms. The molecule has 1 atom stereocenters. The summed E-state index contributed by atoms with van der Waals surface area (Å²) in [6.45, 7) is 7.10. The monoisotopic (exact) mass is 490 g/mol.